The van der Waals surface area contributed by atoms with E-state index in [9.17, 15) is 5.11 Å². The molecule has 3 aromatic rings. The number of nitrogens with zero attached hydrogens (tertiary/aromatic N) is 3. The molecule has 1 aromatic carbocycles. The molecule has 0 aliphatic carbocycles. The lowest BCUT2D eigenvalue weighted by Crippen LogP contribution is -2.31. The number of aliphatic hydroxyl groups is 1. The molecule has 9 nitrogen and oxygen atoms in total. The lowest BCUT2D eigenvalue weighted by atomic mass is 10.1. The number of nitrogens with one attached hydrogen (secondary N) is 1. The molecule has 0 saturated carbocycles. The first-order chi connectivity index (χ1) is 14.3. The summed E-state index contributed by atoms with van der Waals surface area (Å²) in [6.45, 7) is 3.49. The summed E-state index contributed by atoms with van der Waals surface area (Å²) >= 11 is 7.38. The predicted octanol–water partition coefficient (Wildman–Crippen LogP) is 2.69. The van der Waals surface area contributed by atoms with Crippen molar-refractivity contribution < 1.29 is 19.3 Å². The molecule has 4 heterocycles. The van der Waals surface area contributed by atoms with Gasteiger partial charge >= 0.3 is 0 Å². The van der Waals surface area contributed by atoms with Crippen LogP contribution in [0.5, 0.6) is 0 Å². The summed E-state index contributed by atoms with van der Waals surface area (Å²) in [5, 5.41) is 11.0. The number of hydrogen-bond acceptors (Lipinski definition) is 9. The normalized spacial score (nSPS) is 27.6. The highest BCUT2D eigenvalue weighted by Gasteiger charge is 2.56. The average molecular weight is 450 g/mol. The molecule has 0 spiro atoms. The van der Waals surface area contributed by atoms with Crippen molar-refractivity contribution in [3.05, 3.63) is 35.1 Å². The molecule has 11 heteroatoms. The number of benzene rings is 1. The van der Waals surface area contributed by atoms with Crippen LogP contribution in [0.2, 0.25) is 5.02 Å². The number of rotatable bonds is 4. The number of halogens is 1. The Bertz CT molecular complexity index is 1090. The Labute approximate surface area is 181 Å². The Morgan fingerprint density at radius 1 is 1.17 bits per heavy atom. The van der Waals surface area contributed by atoms with Gasteiger partial charge in [0.05, 0.1) is 6.61 Å². The highest BCUT2D eigenvalue weighted by Crippen LogP contribution is 2.45. The Morgan fingerprint density at radius 3 is 2.63 bits per heavy atom. The van der Waals surface area contributed by atoms with E-state index in [1.165, 1.54) is 11.8 Å². The topological polar surface area (TPSA) is 128 Å². The van der Waals surface area contributed by atoms with Crippen LogP contribution in [0, 0.1) is 0 Å². The molecule has 2 saturated heterocycles. The molecule has 158 valence electrons. The minimum atomic E-state index is -0.767. The second-order valence-electron chi connectivity index (χ2n) is 7.60. The quantitative estimate of drug-likeness (QED) is 0.515. The number of aromatic amines is 1. The first kappa shape index (κ1) is 20.0. The largest absolute Gasteiger partial charge is 0.394 e. The summed E-state index contributed by atoms with van der Waals surface area (Å²) in [4.78, 5) is 17.5. The molecule has 0 amide bonds. The third-order valence-electron chi connectivity index (χ3n) is 4.98. The van der Waals surface area contributed by atoms with Gasteiger partial charge in [-0.05, 0) is 38.1 Å². The van der Waals surface area contributed by atoms with Gasteiger partial charge < -0.3 is 30.0 Å². The molecule has 0 radical (unpaired) electrons. The fourth-order valence-corrected chi connectivity index (χ4v) is 4.78. The molecule has 2 aliphatic heterocycles. The highest BCUT2D eigenvalue weighted by molar-refractivity contribution is 7.99. The molecular weight excluding hydrogens is 430 g/mol. The standard InChI is InChI=1S/C19H20ClN5O4S/c1-19(2)28-12-10(7-26)27-14(13(12)29-19)16-22-11-15(23-16)24-18(21)25-17(11)30-9-5-3-8(20)4-6-9/h3-6,10,12-14,26H,7H2,1-2H3,(H3,21,22,23,24,25)/t10-,12-,13-,14-/m1/s1. The smallest absolute Gasteiger partial charge is 0.223 e. The Morgan fingerprint density at radius 2 is 1.90 bits per heavy atom. The van der Waals surface area contributed by atoms with Crippen molar-refractivity contribution in [1.29, 1.82) is 0 Å². The van der Waals surface area contributed by atoms with Gasteiger partial charge in [0.15, 0.2) is 11.4 Å². The summed E-state index contributed by atoms with van der Waals surface area (Å²) in [5.41, 5.74) is 6.99. The minimum Gasteiger partial charge on any atom is -0.394 e. The van der Waals surface area contributed by atoms with Gasteiger partial charge in [-0.1, -0.05) is 23.4 Å². The van der Waals surface area contributed by atoms with Crippen LogP contribution in [-0.2, 0) is 14.2 Å². The molecule has 2 aromatic heterocycles. The van der Waals surface area contributed by atoms with Crippen molar-refractivity contribution in [1.82, 2.24) is 19.9 Å². The summed E-state index contributed by atoms with van der Waals surface area (Å²) in [6, 6.07) is 7.41. The Balaban J connectivity index is 1.51. The Hall–Kier alpha value is -1.95. The third-order valence-corrected chi connectivity index (χ3v) is 6.21. The number of aromatic nitrogens is 4. The van der Waals surface area contributed by atoms with E-state index in [2.05, 4.69) is 15.0 Å². The number of aliphatic hydroxyl groups excluding tert-OH is 1. The van der Waals surface area contributed by atoms with E-state index in [0.29, 0.717) is 27.0 Å². The lowest BCUT2D eigenvalue weighted by molar-refractivity contribution is -0.191. The zero-order chi connectivity index (χ0) is 21.0. The van der Waals surface area contributed by atoms with Crippen LogP contribution < -0.4 is 5.73 Å². The zero-order valence-electron chi connectivity index (χ0n) is 16.2. The van der Waals surface area contributed by atoms with E-state index in [1.807, 2.05) is 38.1 Å². The van der Waals surface area contributed by atoms with Gasteiger partial charge in [-0.3, -0.25) is 0 Å². The maximum absolute atomic E-state index is 9.71. The Kier molecular flexibility index (Phi) is 4.88. The fraction of sp³-hybridized carbons (Fsp3) is 0.421. The summed E-state index contributed by atoms with van der Waals surface area (Å²) in [5.74, 6) is -0.110. The SMILES string of the molecule is CC1(C)O[C@@H]2[C@H](O1)[C@@H](CO)O[C@H]2c1nc2c(Sc3ccc(Cl)cc3)nc(N)nc2[nH]1. The summed E-state index contributed by atoms with van der Waals surface area (Å²) in [6.07, 6.45) is -1.84. The predicted molar refractivity (Wildman–Crippen MR) is 110 cm³/mol. The molecular formula is C19H20ClN5O4S. The van der Waals surface area contributed by atoms with Crippen LogP contribution in [0.4, 0.5) is 5.95 Å². The third kappa shape index (κ3) is 3.53. The van der Waals surface area contributed by atoms with Crippen LogP contribution >= 0.6 is 23.4 Å². The fourth-order valence-electron chi connectivity index (χ4n) is 3.78. The maximum Gasteiger partial charge on any atom is 0.223 e. The van der Waals surface area contributed by atoms with Crippen LogP contribution in [0.3, 0.4) is 0 Å². The first-order valence-electron chi connectivity index (χ1n) is 9.41. The van der Waals surface area contributed by atoms with Crippen LogP contribution in [0.15, 0.2) is 34.2 Å². The number of ether oxygens (including phenoxy) is 3. The summed E-state index contributed by atoms with van der Waals surface area (Å²) < 4.78 is 17.9. The van der Waals surface area contributed by atoms with Gasteiger partial charge in [-0.15, -0.1) is 0 Å². The van der Waals surface area contributed by atoms with E-state index < -0.39 is 24.1 Å². The van der Waals surface area contributed by atoms with Crippen LogP contribution in [-0.4, -0.2) is 55.7 Å². The van der Waals surface area contributed by atoms with Gasteiger partial charge in [0, 0.05) is 9.92 Å². The number of nitrogen functional groups attached to an aromatic ring is 1. The van der Waals surface area contributed by atoms with E-state index in [0.717, 1.165) is 4.90 Å². The number of H-pyrrole nitrogens is 1. The van der Waals surface area contributed by atoms with Crippen molar-refractivity contribution in [2.75, 3.05) is 12.3 Å². The molecule has 0 bridgehead atoms. The van der Waals surface area contributed by atoms with Crippen molar-refractivity contribution in [3.63, 3.8) is 0 Å². The molecule has 2 fully saturated rings. The summed E-state index contributed by atoms with van der Waals surface area (Å²) in [7, 11) is 0. The van der Waals surface area contributed by atoms with E-state index in [1.54, 1.807) is 0 Å². The second-order valence-corrected chi connectivity index (χ2v) is 9.10. The van der Waals surface area contributed by atoms with Gasteiger partial charge in [-0.25, -0.2) is 9.97 Å². The van der Waals surface area contributed by atoms with E-state index in [-0.39, 0.29) is 18.7 Å². The molecule has 4 atom stereocenters. The molecule has 0 unspecified atom stereocenters. The van der Waals surface area contributed by atoms with Crippen molar-refractivity contribution in [2.45, 2.75) is 54.0 Å². The number of hydrogen-bond donors (Lipinski definition) is 3. The number of fused-ring (bicyclic) bond motifs is 2. The molecule has 30 heavy (non-hydrogen) atoms. The number of anilines is 1. The van der Waals surface area contributed by atoms with Crippen LogP contribution in [0.25, 0.3) is 11.2 Å². The lowest BCUT2D eigenvalue weighted by Gasteiger charge is -2.22. The van der Waals surface area contributed by atoms with E-state index in [4.69, 9.17) is 36.5 Å². The molecule has 2 aliphatic rings. The van der Waals surface area contributed by atoms with Gasteiger partial charge in [-0.2, -0.15) is 4.98 Å². The van der Waals surface area contributed by atoms with Crippen LogP contribution in [0.1, 0.15) is 25.8 Å². The van der Waals surface area contributed by atoms with Crippen molar-refractivity contribution in [2.24, 2.45) is 0 Å². The maximum atomic E-state index is 9.71. The highest BCUT2D eigenvalue weighted by atomic mass is 35.5. The zero-order valence-corrected chi connectivity index (χ0v) is 17.8. The average Bonchev–Trinajstić information content (AvgIpc) is 3.33. The molecule has 4 N–H and O–H groups in total. The minimum absolute atomic E-state index is 0.134. The first-order valence-corrected chi connectivity index (χ1v) is 10.6. The van der Waals surface area contributed by atoms with Crippen molar-refractivity contribution in [3.8, 4) is 0 Å². The second kappa shape index (κ2) is 7.33. The molecule has 5 rings (SSSR count). The van der Waals surface area contributed by atoms with Gasteiger partial charge in [0.1, 0.15) is 40.8 Å². The van der Waals surface area contributed by atoms with E-state index >= 15 is 0 Å². The van der Waals surface area contributed by atoms with Crippen molar-refractivity contribution >= 4 is 40.5 Å². The van der Waals surface area contributed by atoms with Gasteiger partial charge in [0.2, 0.25) is 5.95 Å². The number of nitrogens with two attached hydrogens (primary N) is 1. The monoisotopic (exact) mass is 449 g/mol. The van der Waals surface area contributed by atoms with Gasteiger partial charge in [0.25, 0.3) is 0 Å². The number of imidazole rings is 1.